The number of aliphatic carboxylic acids is 1. The van der Waals surface area contributed by atoms with Crippen LogP contribution in [0.4, 0.5) is 16.2 Å². The minimum Gasteiger partial charge on any atom is -0.478 e. The number of ether oxygens (including phenoxy) is 1. The maximum absolute atomic E-state index is 14.4. The quantitative estimate of drug-likeness (QED) is 0.0113. The topological polar surface area (TPSA) is 293 Å². The number of rotatable bonds is 27. The molecule has 0 aliphatic carbocycles. The molecule has 0 saturated carbocycles. The predicted molar refractivity (Wildman–Crippen MR) is 346 cm³/mol. The zero-order valence-corrected chi connectivity index (χ0v) is 54.0. The van der Waals surface area contributed by atoms with E-state index in [0.717, 1.165) is 27.6 Å². The van der Waals surface area contributed by atoms with Crippen LogP contribution in [-0.2, 0) is 75.1 Å². The Morgan fingerprint density at radius 2 is 1.42 bits per heavy atom. The number of esters is 1. The molecule has 1 aromatic heterocycles. The summed E-state index contributed by atoms with van der Waals surface area (Å²) in [5, 5.41) is 27.6. The number of nitrogens with zero attached hydrogens (tertiary/aromatic N) is 3. The van der Waals surface area contributed by atoms with Crippen molar-refractivity contribution in [3.8, 4) is 11.8 Å². The lowest BCUT2D eigenvalue weighted by Crippen LogP contribution is -2.61. The van der Waals surface area contributed by atoms with Crippen LogP contribution in [0.1, 0.15) is 128 Å². The Bertz CT molecular complexity index is 3570. The Balaban J connectivity index is 1.05. The van der Waals surface area contributed by atoms with Gasteiger partial charge in [-0.05, 0) is 103 Å². The standard InChI is InChI=1S/C69H88N10O11/c1-41(2)54(35-43(5)66(87)88)78(13)65(86)61(68(6,7)8)76-64(85)60(71-11)69(9,10)51-39-77(12)55-36-45(26-31-50(51)55)37-58(82)90-40-44-24-29-49(30-25-44)73-62(83)52(22-18-34-72-67(70)89)74-63(84)59(42(3)4)75-56(80)32-33-57(81)79-38-48-21-15-14-19-46(48)27-28-47-20-16-17-23-53(47)79/h14-17,19-21,23-26,29-31,35-36,39,41-42,52,54,59-61,71H,18,22,32-34,37-38,40H2,1-13H3,(H,73,83)(H,74,84)(H,75,80)(H,76,85)(H,87,88)(H3,70,72,89)/b43-35+/t52-,54+,59-,60+,61+/m0/s1. The number of carboxylic acids is 1. The van der Waals surface area contributed by atoms with Crippen LogP contribution in [0.5, 0.6) is 0 Å². The van der Waals surface area contributed by atoms with E-state index in [1.54, 1.807) is 63.2 Å². The summed E-state index contributed by atoms with van der Waals surface area (Å²) in [6.07, 6.45) is 3.47. The van der Waals surface area contributed by atoms with Crippen LogP contribution in [0.3, 0.4) is 0 Å². The van der Waals surface area contributed by atoms with Crippen molar-refractivity contribution in [1.82, 2.24) is 36.1 Å². The van der Waals surface area contributed by atoms with Crippen molar-refractivity contribution in [2.75, 3.05) is 30.9 Å². The van der Waals surface area contributed by atoms with Crippen molar-refractivity contribution in [3.05, 3.63) is 142 Å². The van der Waals surface area contributed by atoms with Gasteiger partial charge in [0.2, 0.25) is 35.4 Å². The van der Waals surface area contributed by atoms with Gasteiger partial charge in [-0.2, -0.15) is 0 Å². The Morgan fingerprint density at radius 3 is 2.06 bits per heavy atom. The monoisotopic (exact) mass is 1230 g/mol. The minimum atomic E-state index is -1.11. The third kappa shape index (κ3) is 18.2. The number of urea groups is 1. The number of primary amides is 1. The SMILES string of the molecule is CN[C@H](C(=O)N[C@H](C(=O)N(C)[C@H](/C=C(\C)C(=O)O)C(C)C)C(C)(C)C)C(C)(C)c1cn(C)c2cc(CC(=O)OCc3ccc(NC(=O)[C@H](CCCNC(N)=O)NC(=O)[C@@H](NC(=O)CCC(=O)N4Cc5ccccc5C#Cc5ccccc54)C(C)C)cc3)ccc12. The van der Waals surface area contributed by atoms with Crippen molar-refractivity contribution >= 4 is 75.7 Å². The minimum absolute atomic E-state index is 0.0427. The Kier molecular flexibility index (Phi) is 23.9. The fraction of sp³-hybridized carbons (Fsp3) is 0.435. The molecule has 90 heavy (non-hydrogen) atoms. The highest BCUT2D eigenvalue weighted by molar-refractivity contribution is 6.00. The van der Waals surface area contributed by atoms with Crippen molar-refractivity contribution < 1.29 is 53.0 Å². The lowest BCUT2D eigenvalue weighted by molar-refractivity contribution is -0.144. The van der Waals surface area contributed by atoms with Gasteiger partial charge in [-0.1, -0.05) is 135 Å². The summed E-state index contributed by atoms with van der Waals surface area (Å²) in [6, 6.07) is 22.0. The van der Waals surface area contributed by atoms with E-state index in [4.69, 9.17) is 10.5 Å². The normalized spacial score (nSPS) is 14.0. The molecule has 4 aromatic carbocycles. The number of nitrogens with one attached hydrogen (secondary N) is 6. The number of carboxylic acid groups (broad SMARTS) is 1. The van der Waals surface area contributed by atoms with Crippen molar-refractivity contribution in [2.45, 2.75) is 150 Å². The largest absolute Gasteiger partial charge is 0.478 e. The van der Waals surface area contributed by atoms with E-state index in [1.165, 1.54) is 11.8 Å². The molecule has 9 N–H and O–H groups in total. The molecule has 0 bridgehead atoms. The summed E-state index contributed by atoms with van der Waals surface area (Å²) in [5.74, 6) is 1.50. The molecule has 21 heteroatoms. The van der Waals surface area contributed by atoms with Gasteiger partial charge >= 0.3 is 18.0 Å². The van der Waals surface area contributed by atoms with Crippen molar-refractivity contribution in [3.63, 3.8) is 0 Å². The van der Waals surface area contributed by atoms with Crippen LogP contribution in [0.2, 0.25) is 0 Å². The number of nitrogens with two attached hydrogens (primary N) is 1. The number of benzene rings is 4. The molecule has 0 spiro atoms. The molecular formula is C69H88N10O11. The molecule has 2 heterocycles. The van der Waals surface area contributed by atoms with Crippen LogP contribution in [-0.4, -0.2) is 119 Å². The molecule has 21 nitrogen and oxygen atoms in total. The Morgan fingerprint density at radius 1 is 0.778 bits per heavy atom. The number of aryl methyl sites for hydroxylation is 1. The van der Waals surface area contributed by atoms with Gasteiger partial charge in [0, 0.05) is 78.4 Å². The van der Waals surface area contributed by atoms with Crippen LogP contribution in [0.25, 0.3) is 10.9 Å². The number of anilines is 2. The Labute approximate surface area is 527 Å². The number of aromatic nitrogens is 1. The molecule has 6 rings (SSSR count). The smallest absolute Gasteiger partial charge is 0.331 e. The van der Waals surface area contributed by atoms with E-state index in [0.29, 0.717) is 28.1 Å². The highest BCUT2D eigenvalue weighted by Crippen LogP contribution is 2.36. The first-order valence-electron chi connectivity index (χ1n) is 30.3. The fourth-order valence-electron chi connectivity index (χ4n) is 11.0. The van der Waals surface area contributed by atoms with Crippen LogP contribution < -0.4 is 42.5 Å². The van der Waals surface area contributed by atoms with E-state index in [9.17, 15) is 48.3 Å². The lowest BCUT2D eigenvalue weighted by atomic mass is 9.76. The van der Waals surface area contributed by atoms with Gasteiger partial charge in [0.05, 0.1) is 30.7 Å². The number of para-hydroxylation sites is 1. The van der Waals surface area contributed by atoms with Crippen LogP contribution in [0.15, 0.2) is 109 Å². The number of likely N-dealkylation sites (N-methyl/N-ethyl adjacent to an activating group) is 2. The second-order valence-corrected chi connectivity index (χ2v) is 25.3. The van der Waals surface area contributed by atoms with Crippen molar-refractivity contribution in [1.29, 1.82) is 0 Å². The molecule has 1 aliphatic rings. The van der Waals surface area contributed by atoms with Crippen molar-refractivity contribution in [2.24, 2.45) is 30.0 Å². The fourth-order valence-corrected chi connectivity index (χ4v) is 11.0. The summed E-state index contributed by atoms with van der Waals surface area (Å²) in [5.41, 5.74) is 10.2. The summed E-state index contributed by atoms with van der Waals surface area (Å²) in [4.78, 5) is 124. The maximum Gasteiger partial charge on any atom is 0.331 e. The van der Waals surface area contributed by atoms with Crippen LogP contribution >= 0.6 is 0 Å². The average Bonchev–Trinajstić information content (AvgIpc) is 1.57. The number of amides is 8. The molecule has 0 unspecified atom stereocenters. The zero-order valence-electron chi connectivity index (χ0n) is 54.0. The number of carbonyl (C=O) groups excluding carboxylic acids is 8. The number of hydrogen-bond acceptors (Lipinski definition) is 11. The molecule has 1 aliphatic heterocycles. The predicted octanol–water partition coefficient (Wildman–Crippen LogP) is 7.11. The second kappa shape index (κ2) is 30.8. The highest BCUT2D eigenvalue weighted by Gasteiger charge is 2.43. The van der Waals surface area contributed by atoms with Crippen LogP contribution in [0, 0.1) is 29.1 Å². The Hall–Kier alpha value is -9.29. The summed E-state index contributed by atoms with van der Waals surface area (Å²) >= 11 is 0. The van der Waals surface area contributed by atoms with E-state index in [-0.39, 0.29) is 75.1 Å². The lowest BCUT2D eigenvalue weighted by Gasteiger charge is -2.39. The number of fused-ring (bicyclic) bond motifs is 3. The summed E-state index contributed by atoms with van der Waals surface area (Å²) in [6.45, 7) is 18.6. The molecular weight excluding hydrogens is 1140 g/mol. The van der Waals surface area contributed by atoms with E-state index in [1.807, 2.05) is 133 Å². The van der Waals surface area contributed by atoms with Gasteiger partial charge in [-0.25, -0.2) is 9.59 Å². The van der Waals surface area contributed by atoms with Gasteiger partial charge in [0.15, 0.2) is 0 Å². The maximum atomic E-state index is 14.4. The number of carbonyl (C=O) groups is 9. The molecule has 8 amide bonds. The van der Waals surface area contributed by atoms with Gasteiger partial charge in [0.25, 0.3) is 0 Å². The number of hydrogen-bond donors (Lipinski definition) is 8. The summed E-state index contributed by atoms with van der Waals surface area (Å²) in [7, 11) is 5.20. The first kappa shape index (κ1) is 69.8. The van der Waals surface area contributed by atoms with E-state index in [2.05, 4.69) is 43.7 Å². The molecule has 480 valence electrons. The molecule has 5 atom stereocenters. The second-order valence-electron chi connectivity index (χ2n) is 25.3. The van der Waals surface area contributed by atoms with Gasteiger partial charge < -0.3 is 61.8 Å². The molecule has 0 radical (unpaired) electrons. The highest BCUT2D eigenvalue weighted by atomic mass is 16.5. The van der Waals surface area contributed by atoms with Gasteiger partial charge in [-0.15, -0.1) is 0 Å². The third-order valence-corrected chi connectivity index (χ3v) is 16.2. The van der Waals surface area contributed by atoms with Gasteiger partial charge in [0.1, 0.15) is 24.7 Å². The first-order chi connectivity index (χ1) is 42.4. The molecule has 0 saturated heterocycles. The van der Waals surface area contributed by atoms with E-state index < -0.39 is 88.6 Å². The summed E-state index contributed by atoms with van der Waals surface area (Å²) < 4.78 is 7.63. The third-order valence-electron chi connectivity index (χ3n) is 16.2. The zero-order chi connectivity index (χ0) is 66.4. The average molecular weight is 1230 g/mol. The molecule has 0 fully saturated rings. The van der Waals surface area contributed by atoms with Gasteiger partial charge in [-0.3, -0.25) is 33.6 Å². The first-order valence-corrected chi connectivity index (χ1v) is 30.3. The van der Waals surface area contributed by atoms with E-state index >= 15 is 0 Å². The molecule has 5 aromatic rings.